The Hall–Kier alpha value is -3.53. The molecular weight excluding hydrogens is 487 g/mol. The van der Waals surface area contributed by atoms with E-state index in [0.717, 1.165) is 37.0 Å². The number of urea groups is 1. The molecule has 0 aromatic heterocycles. The third-order valence-corrected chi connectivity index (χ3v) is 6.91. The molecule has 37 heavy (non-hydrogen) atoms. The molecule has 0 bridgehead atoms. The van der Waals surface area contributed by atoms with Crippen LogP contribution in [0, 0.1) is 0 Å². The number of ether oxygens (including phenoxy) is 1. The average Bonchev–Trinajstić information content (AvgIpc) is 2.76. The predicted octanol–water partition coefficient (Wildman–Crippen LogP) is 5.55. The minimum Gasteiger partial charge on any atom is -0.486 e. The Labute approximate surface area is 212 Å². The second-order valence-electron chi connectivity index (χ2n) is 10.7. The first-order valence-corrected chi connectivity index (χ1v) is 12.1. The fourth-order valence-corrected chi connectivity index (χ4v) is 5.05. The Bertz CT molecular complexity index is 1290. The maximum atomic E-state index is 13.3. The highest BCUT2D eigenvalue weighted by Crippen LogP contribution is 2.50. The molecule has 2 aromatic carbocycles. The summed E-state index contributed by atoms with van der Waals surface area (Å²) in [5.41, 5.74) is 0.572. The maximum absolute atomic E-state index is 13.3. The lowest BCUT2D eigenvalue weighted by atomic mass is 9.72. The summed E-state index contributed by atoms with van der Waals surface area (Å²) in [6, 6.07) is 8.19. The Morgan fingerprint density at radius 3 is 2.62 bits per heavy atom. The van der Waals surface area contributed by atoms with E-state index in [9.17, 15) is 27.9 Å². The van der Waals surface area contributed by atoms with E-state index >= 15 is 0 Å². The molecule has 3 aliphatic rings. The SMILES string of the molecule is CC(C)(O)CN1Cc2ccc(NC(=O)/C=C3\CC4(CCC4)Oc4cc(C(F)(F)F)ccc43)cc2NC1=O. The van der Waals surface area contributed by atoms with Gasteiger partial charge in [-0.15, -0.1) is 0 Å². The summed E-state index contributed by atoms with van der Waals surface area (Å²) in [6.07, 6.45) is -0.278. The zero-order valence-corrected chi connectivity index (χ0v) is 20.5. The summed E-state index contributed by atoms with van der Waals surface area (Å²) < 4.78 is 45.8. The van der Waals surface area contributed by atoms with Crippen molar-refractivity contribution in [3.8, 4) is 5.75 Å². The Morgan fingerprint density at radius 2 is 1.97 bits per heavy atom. The second kappa shape index (κ2) is 8.79. The van der Waals surface area contributed by atoms with E-state index in [1.165, 1.54) is 17.0 Å². The number of hydrogen-bond donors (Lipinski definition) is 3. The van der Waals surface area contributed by atoms with Crippen molar-refractivity contribution >= 4 is 28.9 Å². The predicted molar refractivity (Wildman–Crippen MR) is 132 cm³/mol. The number of fused-ring (bicyclic) bond motifs is 2. The number of halogens is 3. The molecule has 2 aromatic rings. The van der Waals surface area contributed by atoms with Crippen LogP contribution in [0.25, 0.3) is 5.57 Å². The lowest BCUT2D eigenvalue weighted by molar-refractivity contribution is -0.138. The number of aliphatic hydroxyl groups is 1. The van der Waals surface area contributed by atoms with Crippen molar-refractivity contribution in [3.63, 3.8) is 0 Å². The molecule has 3 N–H and O–H groups in total. The van der Waals surface area contributed by atoms with E-state index in [-0.39, 0.29) is 18.3 Å². The third kappa shape index (κ3) is 5.29. The fraction of sp³-hybridized carbons (Fsp3) is 0.407. The van der Waals surface area contributed by atoms with E-state index in [1.54, 1.807) is 32.0 Å². The van der Waals surface area contributed by atoms with E-state index in [2.05, 4.69) is 10.6 Å². The van der Waals surface area contributed by atoms with Gasteiger partial charge in [0.1, 0.15) is 11.4 Å². The number of nitrogens with zero attached hydrogens (tertiary/aromatic N) is 1. The highest BCUT2D eigenvalue weighted by molar-refractivity contribution is 6.05. The standard InChI is InChI=1S/C27H28F3N3O4/c1-25(2,36)15-33-14-16-4-6-19(12-21(16)32-24(33)35)31-23(34)10-17-13-26(8-3-9-26)37-22-11-18(27(28,29)30)5-7-20(17)22/h4-7,10-12,36H,3,8-9,13-15H2,1-2H3,(H,31,34)(H,32,35)/b17-10+. The van der Waals surface area contributed by atoms with Crippen LogP contribution in [0.4, 0.5) is 29.3 Å². The number of carbonyl (C=O) groups excluding carboxylic acids is 2. The molecule has 1 fully saturated rings. The van der Waals surface area contributed by atoms with Crippen LogP contribution < -0.4 is 15.4 Å². The monoisotopic (exact) mass is 515 g/mol. The molecule has 0 atom stereocenters. The van der Waals surface area contributed by atoms with Gasteiger partial charge in [-0.3, -0.25) is 4.79 Å². The van der Waals surface area contributed by atoms with Crippen LogP contribution in [0.1, 0.15) is 56.2 Å². The van der Waals surface area contributed by atoms with Crippen molar-refractivity contribution in [1.29, 1.82) is 0 Å². The Kier molecular flexibility index (Phi) is 5.97. The first-order chi connectivity index (χ1) is 17.3. The van der Waals surface area contributed by atoms with Gasteiger partial charge in [0.05, 0.1) is 17.7 Å². The fourth-order valence-electron chi connectivity index (χ4n) is 5.05. The second-order valence-corrected chi connectivity index (χ2v) is 10.7. The summed E-state index contributed by atoms with van der Waals surface area (Å²) in [5, 5.41) is 15.6. The molecule has 0 saturated heterocycles. The van der Waals surface area contributed by atoms with Gasteiger partial charge in [0, 0.05) is 36.0 Å². The number of nitrogens with one attached hydrogen (secondary N) is 2. The number of amides is 3. The largest absolute Gasteiger partial charge is 0.486 e. The molecule has 5 rings (SSSR count). The van der Waals surface area contributed by atoms with Crippen LogP contribution in [0.15, 0.2) is 42.5 Å². The van der Waals surface area contributed by atoms with Crippen molar-refractivity contribution in [2.75, 3.05) is 17.2 Å². The van der Waals surface area contributed by atoms with E-state index in [1.807, 2.05) is 0 Å². The van der Waals surface area contributed by atoms with Gasteiger partial charge < -0.3 is 25.4 Å². The van der Waals surface area contributed by atoms with Crippen LogP contribution in [-0.4, -0.2) is 39.7 Å². The number of anilines is 2. The van der Waals surface area contributed by atoms with Crippen LogP contribution in [0.3, 0.4) is 0 Å². The zero-order valence-electron chi connectivity index (χ0n) is 20.5. The third-order valence-electron chi connectivity index (χ3n) is 6.91. The molecule has 0 radical (unpaired) electrons. The van der Waals surface area contributed by atoms with Crippen LogP contribution in [-0.2, 0) is 17.5 Å². The summed E-state index contributed by atoms with van der Waals surface area (Å²) in [7, 11) is 0. The summed E-state index contributed by atoms with van der Waals surface area (Å²) in [5.74, 6) is -0.283. The number of alkyl halides is 3. The molecule has 1 saturated carbocycles. The molecule has 1 spiro atoms. The molecule has 0 unspecified atom stereocenters. The Morgan fingerprint density at radius 1 is 1.22 bits per heavy atom. The van der Waals surface area contributed by atoms with Gasteiger partial charge in [0.25, 0.3) is 0 Å². The van der Waals surface area contributed by atoms with Crippen LogP contribution >= 0.6 is 0 Å². The zero-order chi connectivity index (χ0) is 26.6. The highest BCUT2D eigenvalue weighted by atomic mass is 19.4. The van der Waals surface area contributed by atoms with Gasteiger partial charge in [-0.2, -0.15) is 13.2 Å². The smallest absolute Gasteiger partial charge is 0.416 e. The van der Waals surface area contributed by atoms with Crippen molar-refractivity contribution in [1.82, 2.24) is 4.90 Å². The molecule has 2 heterocycles. The number of benzene rings is 2. The molecule has 3 amide bonds. The van der Waals surface area contributed by atoms with Gasteiger partial charge in [0.15, 0.2) is 0 Å². The first-order valence-electron chi connectivity index (χ1n) is 12.1. The van der Waals surface area contributed by atoms with Crippen LogP contribution in [0.5, 0.6) is 5.75 Å². The van der Waals surface area contributed by atoms with Gasteiger partial charge in [-0.25, -0.2) is 4.79 Å². The molecule has 2 aliphatic heterocycles. The average molecular weight is 516 g/mol. The molecule has 10 heteroatoms. The van der Waals surface area contributed by atoms with Gasteiger partial charge in [0.2, 0.25) is 5.91 Å². The van der Waals surface area contributed by atoms with E-state index in [0.29, 0.717) is 35.5 Å². The normalized spacial score (nSPS) is 19.5. The minimum absolute atomic E-state index is 0.145. The highest BCUT2D eigenvalue weighted by Gasteiger charge is 2.44. The van der Waals surface area contributed by atoms with Gasteiger partial charge >= 0.3 is 12.2 Å². The van der Waals surface area contributed by atoms with E-state index < -0.39 is 28.8 Å². The number of carbonyl (C=O) groups is 2. The number of rotatable bonds is 4. The minimum atomic E-state index is -4.49. The van der Waals surface area contributed by atoms with Crippen molar-refractivity contribution in [2.24, 2.45) is 0 Å². The number of hydrogen-bond acceptors (Lipinski definition) is 4. The lowest BCUT2D eigenvalue weighted by Crippen LogP contribution is -2.46. The summed E-state index contributed by atoms with van der Waals surface area (Å²) in [6.45, 7) is 3.74. The van der Waals surface area contributed by atoms with Gasteiger partial charge in [-0.05, 0) is 68.5 Å². The summed E-state index contributed by atoms with van der Waals surface area (Å²) in [4.78, 5) is 26.9. The lowest BCUT2D eigenvalue weighted by Gasteiger charge is -2.46. The van der Waals surface area contributed by atoms with Crippen molar-refractivity contribution in [2.45, 2.75) is 63.5 Å². The first kappa shape index (κ1) is 25.1. The van der Waals surface area contributed by atoms with Gasteiger partial charge in [-0.1, -0.05) is 12.1 Å². The van der Waals surface area contributed by atoms with Crippen LogP contribution in [0.2, 0.25) is 0 Å². The topological polar surface area (TPSA) is 90.9 Å². The maximum Gasteiger partial charge on any atom is 0.416 e. The van der Waals surface area contributed by atoms with Crippen molar-refractivity contribution in [3.05, 3.63) is 59.2 Å². The summed E-state index contributed by atoms with van der Waals surface area (Å²) >= 11 is 0. The molecular formula is C27H28F3N3O4. The van der Waals surface area contributed by atoms with E-state index in [4.69, 9.17) is 4.74 Å². The Balaban J connectivity index is 1.36. The molecule has 1 aliphatic carbocycles. The molecule has 7 nitrogen and oxygen atoms in total. The molecule has 196 valence electrons. The van der Waals surface area contributed by atoms with Crippen molar-refractivity contribution < 1.29 is 32.6 Å². The quantitative estimate of drug-likeness (QED) is 0.466. The number of β-amino-alcohol motifs (C(OH)–C–C–N with tert-alkyl or cyclic N) is 1.